The van der Waals surface area contributed by atoms with Crippen LogP contribution < -0.4 is 5.32 Å². The zero-order chi connectivity index (χ0) is 14.5. The van der Waals surface area contributed by atoms with Crippen LogP contribution in [0.15, 0.2) is 22.7 Å². The second-order valence-electron chi connectivity index (χ2n) is 5.11. The van der Waals surface area contributed by atoms with Gasteiger partial charge in [0.1, 0.15) is 0 Å². The van der Waals surface area contributed by atoms with E-state index < -0.39 is 0 Å². The highest BCUT2D eigenvalue weighted by Gasteiger charge is 2.25. The van der Waals surface area contributed by atoms with Crippen LogP contribution in [0.4, 0.5) is 0 Å². The minimum absolute atomic E-state index is 0.0909. The van der Waals surface area contributed by atoms with Gasteiger partial charge in [0, 0.05) is 22.6 Å². The Morgan fingerprint density at radius 3 is 2.75 bits per heavy atom. The lowest BCUT2D eigenvalue weighted by Gasteiger charge is -2.34. The second kappa shape index (κ2) is 7.43. The molecule has 0 spiro atoms. The SMILES string of the molecule is CCCN(C(=O)c1ccc(Br)c(Cl)c1)C1CCNCC1. The maximum absolute atomic E-state index is 12.7. The molecular weight excluding hydrogens is 340 g/mol. The lowest BCUT2D eigenvalue weighted by atomic mass is 10.0. The van der Waals surface area contributed by atoms with Gasteiger partial charge in [-0.15, -0.1) is 0 Å². The summed E-state index contributed by atoms with van der Waals surface area (Å²) in [5.41, 5.74) is 0.671. The first kappa shape index (κ1) is 15.8. The first-order valence-electron chi connectivity index (χ1n) is 7.10. The van der Waals surface area contributed by atoms with Crippen molar-refractivity contribution >= 4 is 33.4 Å². The fourth-order valence-corrected chi connectivity index (χ4v) is 3.03. The van der Waals surface area contributed by atoms with Crippen molar-refractivity contribution in [3.63, 3.8) is 0 Å². The minimum atomic E-state index is 0.0909. The number of benzene rings is 1. The van der Waals surface area contributed by atoms with Gasteiger partial charge in [-0.25, -0.2) is 0 Å². The van der Waals surface area contributed by atoms with E-state index in [2.05, 4.69) is 28.2 Å². The van der Waals surface area contributed by atoms with Gasteiger partial charge < -0.3 is 10.2 Å². The Morgan fingerprint density at radius 2 is 2.15 bits per heavy atom. The predicted octanol–water partition coefficient (Wildman–Crippen LogP) is 3.71. The van der Waals surface area contributed by atoms with Crippen LogP contribution in [-0.4, -0.2) is 36.5 Å². The molecule has 0 saturated carbocycles. The Labute approximate surface area is 133 Å². The van der Waals surface area contributed by atoms with E-state index in [1.165, 1.54) is 0 Å². The molecule has 0 atom stereocenters. The van der Waals surface area contributed by atoms with Crippen molar-refractivity contribution in [1.82, 2.24) is 10.2 Å². The van der Waals surface area contributed by atoms with Crippen molar-refractivity contribution in [3.8, 4) is 0 Å². The van der Waals surface area contributed by atoms with E-state index in [-0.39, 0.29) is 5.91 Å². The molecule has 1 N–H and O–H groups in total. The quantitative estimate of drug-likeness (QED) is 0.889. The fraction of sp³-hybridized carbons (Fsp3) is 0.533. The molecule has 1 aliphatic rings. The summed E-state index contributed by atoms with van der Waals surface area (Å²) >= 11 is 9.46. The van der Waals surface area contributed by atoms with Crippen LogP contribution >= 0.6 is 27.5 Å². The van der Waals surface area contributed by atoms with Gasteiger partial charge in [0.25, 0.3) is 5.91 Å². The average molecular weight is 360 g/mol. The van der Waals surface area contributed by atoms with E-state index in [0.29, 0.717) is 16.6 Å². The summed E-state index contributed by atoms with van der Waals surface area (Å²) in [7, 11) is 0. The molecule has 1 heterocycles. The number of amides is 1. The number of halogens is 2. The molecule has 2 rings (SSSR count). The minimum Gasteiger partial charge on any atom is -0.336 e. The molecule has 3 nitrogen and oxygen atoms in total. The molecule has 1 fully saturated rings. The van der Waals surface area contributed by atoms with Crippen LogP contribution in [0, 0.1) is 0 Å². The number of nitrogens with zero attached hydrogens (tertiary/aromatic N) is 1. The van der Waals surface area contributed by atoms with Crippen LogP contribution in [-0.2, 0) is 0 Å². The van der Waals surface area contributed by atoms with Crippen LogP contribution in [0.2, 0.25) is 5.02 Å². The summed E-state index contributed by atoms with van der Waals surface area (Å²) in [6.45, 7) is 4.88. The van der Waals surface area contributed by atoms with Gasteiger partial charge in [0.2, 0.25) is 0 Å². The molecule has 1 saturated heterocycles. The number of piperidine rings is 1. The van der Waals surface area contributed by atoms with Crippen molar-refractivity contribution in [2.75, 3.05) is 19.6 Å². The molecule has 0 aliphatic carbocycles. The van der Waals surface area contributed by atoms with Crippen molar-refractivity contribution in [2.24, 2.45) is 0 Å². The zero-order valence-electron chi connectivity index (χ0n) is 11.7. The summed E-state index contributed by atoms with van der Waals surface area (Å²) in [6.07, 6.45) is 3.02. The monoisotopic (exact) mass is 358 g/mol. The van der Waals surface area contributed by atoms with E-state index in [1.54, 1.807) is 6.07 Å². The molecule has 1 aromatic rings. The first-order valence-corrected chi connectivity index (χ1v) is 8.27. The molecule has 1 aliphatic heterocycles. The summed E-state index contributed by atoms with van der Waals surface area (Å²) in [6, 6.07) is 5.76. The predicted molar refractivity (Wildman–Crippen MR) is 86.4 cm³/mol. The molecule has 20 heavy (non-hydrogen) atoms. The third kappa shape index (κ3) is 3.74. The second-order valence-corrected chi connectivity index (χ2v) is 6.37. The van der Waals surface area contributed by atoms with Gasteiger partial charge in [0.15, 0.2) is 0 Å². The van der Waals surface area contributed by atoms with Gasteiger partial charge in [-0.05, 0) is 66.5 Å². The van der Waals surface area contributed by atoms with Gasteiger partial charge in [-0.3, -0.25) is 4.79 Å². The topological polar surface area (TPSA) is 32.3 Å². The molecule has 1 aromatic carbocycles. The molecule has 0 unspecified atom stereocenters. The number of nitrogens with one attached hydrogen (secondary N) is 1. The van der Waals surface area contributed by atoms with Crippen LogP contribution in [0.25, 0.3) is 0 Å². The lowest BCUT2D eigenvalue weighted by molar-refractivity contribution is 0.0642. The van der Waals surface area contributed by atoms with Crippen molar-refractivity contribution < 1.29 is 4.79 Å². The van der Waals surface area contributed by atoms with E-state index in [1.807, 2.05) is 17.0 Å². The molecule has 0 radical (unpaired) electrons. The normalized spacial score (nSPS) is 16.1. The maximum Gasteiger partial charge on any atom is 0.254 e. The van der Waals surface area contributed by atoms with E-state index in [4.69, 9.17) is 11.6 Å². The summed E-state index contributed by atoms with van der Waals surface area (Å²) in [4.78, 5) is 14.7. The van der Waals surface area contributed by atoms with Gasteiger partial charge in [-0.1, -0.05) is 18.5 Å². The zero-order valence-corrected chi connectivity index (χ0v) is 14.0. The van der Waals surface area contributed by atoms with Gasteiger partial charge in [0.05, 0.1) is 5.02 Å². The molecule has 5 heteroatoms. The Kier molecular flexibility index (Phi) is 5.87. The number of rotatable bonds is 4. The van der Waals surface area contributed by atoms with Crippen LogP contribution in [0.1, 0.15) is 36.5 Å². The molecule has 110 valence electrons. The average Bonchev–Trinajstić information content (AvgIpc) is 2.48. The Balaban J connectivity index is 2.18. The molecule has 0 bridgehead atoms. The maximum atomic E-state index is 12.7. The molecular formula is C15H20BrClN2O. The summed E-state index contributed by atoms with van der Waals surface area (Å²) in [5, 5.41) is 3.92. The van der Waals surface area contributed by atoms with Crippen LogP contribution in [0.5, 0.6) is 0 Å². The standard InChI is InChI=1S/C15H20BrClN2O/c1-2-9-19(12-5-7-18-8-6-12)15(20)11-3-4-13(16)14(17)10-11/h3-4,10,12,18H,2,5-9H2,1H3. The first-order chi connectivity index (χ1) is 9.63. The Hall–Kier alpha value is -0.580. The van der Waals surface area contributed by atoms with Crippen LogP contribution in [0.3, 0.4) is 0 Å². The highest BCUT2D eigenvalue weighted by molar-refractivity contribution is 9.10. The molecule has 0 aromatic heterocycles. The largest absolute Gasteiger partial charge is 0.336 e. The van der Waals surface area contributed by atoms with E-state index in [9.17, 15) is 4.79 Å². The molecule has 1 amide bonds. The van der Waals surface area contributed by atoms with Gasteiger partial charge in [-0.2, -0.15) is 0 Å². The van der Waals surface area contributed by atoms with E-state index in [0.717, 1.165) is 43.4 Å². The smallest absolute Gasteiger partial charge is 0.254 e. The fourth-order valence-electron chi connectivity index (χ4n) is 2.60. The van der Waals surface area contributed by atoms with Gasteiger partial charge >= 0.3 is 0 Å². The number of carbonyl (C=O) groups excluding carboxylic acids is 1. The van der Waals surface area contributed by atoms with Crippen molar-refractivity contribution in [2.45, 2.75) is 32.2 Å². The summed E-state index contributed by atoms with van der Waals surface area (Å²) in [5.74, 6) is 0.0909. The number of hydrogen-bond donors (Lipinski definition) is 1. The number of carbonyl (C=O) groups is 1. The Bertz CT molecular complexity index is 475. The number of hydrogen-bond acceptors (Lipinski definition) is 2. The summed E-state index contributed by atoms with van der Waals surface area (Å²) < 4.78 is 0.819. The third-order valence-corrected chi connectivity index (χ3v) is 4.87. The Morgan fingerprint density at radius 1 is 1.45 bits per heavy atom. The highest BCUT2D eigenvalue weighted by Crippen LogP contribution is 2.25. The van der Waals surface area contributed by atoms with E-state index >= 15 is 0 Å². The van der Waals surface area contributed by atoms with Crippen molar-refractivity contribution in [3.05, 3.63) is 33.3 Å². The third-order valence-electron chi connectivity index (χ3n) is 3.64. The van der Waals surface area contributed by atoms with Crippen molar-refractivity contribution in [1.29, 1.82) is 0 Å². The lowest BCUT2D eigenvalue weighted by Crippen LogP contribution is -2.46. The highest BCUT2D eigenvalue weighted by atomic mass is 79.9.